The summed E-state index contributed by atoms with van der Waals surface area (Å²) in [4.78, 5) is 17.3. The van der Waals surface area contributed by atoms with Crippen LogP contribution in [0.25, 0.3) is 0 Å². The first-order valence-corrected chi connectivity index (χ1v) is 5.97. The Morgan fingerprint density at radius 3 is 2.72 bits per heavy atom. The molecule has 0 saturated carbocycles. The van der Waals surface area contributed by atoms with Gasteiger partial charge >= 0.3 is 5.97 Å². The van der Waals surface area contributed by atoms with Crippen molar-refractivity contribution in [3.05, 3.63) is 23.4 Å². The van der Waals surface area contributed by atoms with E-state index in [9.17, 15) is 4.79 Å². The summed E-state index contributed by atoms with van der Waals surface area (Å²) >= 11 is 5.79. The monoisotopic (exact) mass is 272 g/mol. The van der Waals surface area contributed by atoms with Gasteiger partial charge in [-0.3, -0.25) is 4.79 Å². The number of methoxy groups -OCH3 is 2. The van der Waals surface area contributed by atoms with Gasteiger partial charge in [-0.1, -0.05) is 11.6 Å². The van der Waals surface area contributed by atoms with Crippen molar-refractivity contribution >= 4 is 23.4 Å². The summed E-state index contributed by atoms with van der Waals surface area (Å²) in [6.07, 6.45) is 1.89. The van der Waals surface area contributed by atoms with Gasteiger partial charge in [-0.25, -0.2) is 4.98 Å². The molecule has 1 aromatic rings. The van der Waals surface area contributed by atoms with Crippen LogP contribution in [0.4, 0.5) is 5.82 Å². The number of nitrogens with zero attached hydrogens (tertiary/aromatic N) is 2. The van der Waals surface area contributed by atoms with Gasteiger partial charge < -0.3 is 14.4 Å². The van der Waals surface area contributed by atoms with Crippen molar-refractivity contribution in [2.75, 3.05) is 38.8 Å². The number of esters is 1. The summed E-state index contributed by atoms with van der Waals surface area (Å²) in [5.74, 6) is 0.520. The third-order valence-electron chi connectivity index (χ3n) is 2.41. The van der Waals surface area contributed by atoms with Crippen LogP contribution in [0, 0.1) is 0 Å². The number of pyridine rings is 1. The second kappa shape index (κ2) is 7.89. The van der Waals surface area contributed by atoms with Gasteiger partial charge in [-0.05, 0) is 12.1 Å². The first-order chi connectivity index (χ1) is 8.67. The summed E-state index contributed by atoms with van der Waals surface area (Å²) in [5, 5.41) is 0.582. The molecule has 0 fully saturated rings. The molecule has 0 amide bonds. The molecule has 0 aliphatic heterocycles. The summed E-state index contributed by atoms with van der Waals surface area (Å²) in [5.41, 5.74) is 0. The molecule has 6 heteroatoms. The zero-order chi connectivity index (χ0) is 13.4. The minimum Gasteiger partial charge on any atom is -0.469 e. The summed E-state index contributed by atoms with van der Waals surface area (Å²) < 4.78 is 9.66. The first-order valence-electron chi connectivity index (χ1n) is 5.59. The first kappa shape index (κ1) is 14.7. The summed E-state index contributed by atoms with van der Waals surface area (Å²) in [6.45, 7) is 1.75. The fraction of sp³-hybridized carbons (Fsp3) is 0.500. The van der Waals surface area contributed by atoms with Gasteiger partial charge in [0, 0.05) is 26.4 Å². The number of rotatable bonds is 7. The van der Waals surface area contributed by atoms with E-state index in [2.05, 4.69) is 9.72 Å². The number of hydrogen-bond acceptors (Lipinski definition) is 5. The van der Waals surface area contributed by atoms with Crippen molar-refractivity contribution in [2.24, 2.45) is 0 Å². The van der Waals surface area contributed by atoms with Gasteiger partial charge in [-0.2, -0.15) is 0 Å². The average Bonchev–Trinajstić information content (AvgIpc) is 2.40. The second-order valence-electron chi connectivity index (χ2n) is 3.64. The highest BCUT2D eigenvalue weighted by Gasteiger charge is 2.10. The highest BCUT2D eigenvalue weighted by Crippen LogP contribution is 2.14. The molecule has 1 rings (SSSR count). The molecule has 5 nitrogen and oxygen atoms in total. The van der Waals surface area contributed by atoms with Gasteiger partial charge in [0.15, 0.2) is 0 Å². The minimum atomic E-state index is -0.244. The Labute approximate surface area is 112 Å². The minimum absolute atomic E-state index is 0.244. The molecule has 0 atom stereocenters. The third kappa shape index (κ3) is 4.89. The van der Waals surface area contributed by atoms with Crippen molar-refractivity contribution in [3.63, 3.8) is 0 Å². The van der Waals surface area contributed by atoms with Gasteiger partial charge in [0.2, 0.25) is 0 Å². The number of carbonyl (C=O) groups excluding carboxylic acids is 1. The SMILES string of the molecule is COCCN(CCC(=O)OC)c1ccc(Cl)cn1. The molecule has 0 unspecified atom stereocenters. The van der Waals surface area contributed by atoms with E-state index in [0.29, 0.717) is 31.1 Å². The summed E-state index contributed by atoms with van der Waals surface area (Å²) in [6, 6.07) is 3.58. The molecule has 18 heavy (non-hydrogen) atoms. The van der Waals surface area contributed by atoms with Crippen molar-refractivity contribution in [3.8, 4) is 0 Å². The molecule has 0 aromatic carbocycles. The van der Waals surface area contributed by atoms with Crippen LogP contribution < -0.4 is 4.90 Å². The van der Waals surface area contributed by atoms with Crippen molar-refractivity contribution in [1.82, 2.24) is 4.98 Å². The molecule has 0 spiro atoms. The van der Waals surface area contributed by atoms with Crippen molar-refractivity contribution < 1.29 is 14.3 Å². The molecular weight excluding hydrogens is 256 g/mol. The molecule has 0 bridgehead atoms. The van der Waals surface area contributed by atoms with E-state index in [1.807, 2.05) is 11.0 Å². The normalized spacial score (nSPS) is 10.2. The Morgan fingerprint density at radius 1 is 1.39 bits per heavy atom. The molecule has 0 saturated heterocycles. The van der Waals surface area contributed by atoms with E-state index in [1.165, 1.54) is 7.11 Å². The summed E-state index contributed by atoms with van der Waals surface area (Å²) in [7, 11) is 3.01. The number of aromatic nitrogens is 1. The van der Waals surface area contributed by atoms with E-state index in [-0.39, 0.29) is 5.97 Å². The average molecular weight is 273 g/mol. The Kier molecular flexibility index (Phi) is 6.46. The Bertz CT molecular complexity index is 370. The van der Waals surface area contributed by atoms with Crippen LogP contribution >= 0.6 is 11.6 Å². The number of ether oxygens (including phenoxy) is 2. The van der Waals surface area contributed by atoms with Gasteiger partial charge in [-0.15, -0.1) is 0 Å². The largest absolute Gasteiger partial charge is 0.469 e. The third-order valence-corrected chi connectivity index (χ3v) is 2.64. The second-order valence-corrected chi connectivity index (χ2v) is 4.08. The van der Waals surface area contributed by atoms with Gasteiger partial charge in [0.1, 0.15) is 5.82 Å². The van der Waals surface area contributed by atoms with Crippen LogP contribution in [0.2, 0.25) is 5.02 Å². The number of carbonyl (C=O) groups is 1. The van der Waals surface area contributed by atoms with E-state index < -0.39 is 0 Å². The van der Waals surface area contributed by atoms with E-state index in [1.54, 1.807) is 19.4 Å². The van der Waals surface area contributed by atoms with Gasteiger partial charge in [0.05, 0.1) is 25.2 Å². The Hall–Kier alpha value is -1.33. The highest BCUT2D eigenvalue weighted by molar-refractivity contribution is 6.30. The van der Waals surface area contributed by atoms with Crippen LogP contribution in [0.1, 0.15) is 6.42 Å². The van der Waals surface area contributed by atoms with E-state index in [4.69, 9.17) is 16.3 Å². The lowest BCUT2D eigenvalue weighted by Crippen LogP contribution is -2.30. The molecule has 1 aromatic heterocycles. The lowest BCUT2D eigenvalue weighted by molar-refractivity contribution is -0.140. The molecular formula is C12H17ClN2O3. The molecule has 1 heterocycles. The number of halogens is 1. The smallest absolute Gasteiger partial charge is 0.307 e. The van der Waals surface area contributed by atoms with Crippen LogP contribution in [-0.2, 0) is 14.3 Å². The predicted octanol–water partition coefficient (Wildman–Crippen LogP) is 1.75. The molecule has 100 valence electrons. The van der Waals surface area contributed by atoms with Gasteiger partial charge in [0.25, 0.3) is 0 Å². The molecule has 0 aliphatic rings. The van der Waals surface area contributed by atoms with Crippen molar-refractivity contribution in [1.29, 1.82) is 0 Å². The lowest BCUT2D eigenvalue weighted by atomic mass is 10.3. The molecule has 0 N–H and O–H groups in total. The molecule has 0 aliphatic carbocycles. The number of anilines is 1. The van der Waals surface area contributed by atoms with E-state index >= 15 is 0 Å². The Balaban J connectivity index is 2.64. The highest BCUT2D eigenvalue weighted by atomic mass is 35.5. The topological polar surface area (TPSA) is 51.7 Å². The van der Waals surface area contributed by atoms with Crippen LogP contribution in [0.15, 0.2) is 18.3 Å². The number of hydrogen-bond donors (Lipinski definition) is 0. The zero-order valence-corrected chi connectivity index (χ0v) is 11.3. The fourth-order valence-electron chi connectivity index (χ4n) is 1.43. The standard InChI is InChI=1S/C12H17ClN2O3/c1-17-8-7-15(6-5-12(16)18-2)11-4-3-10(13)9-14-11/h3-4,9H,5-8H2,1-2H3. The predicted molar refractivity (Wildman–Crippen MR) is 70.0 cm³/mol. The maximum absolute atomic E-state index is 11.2. The van der Waals surface area contributed by atoms with Crippen molar-refractivity contribution in [2.45, 2.75) is 6.42 Å². The molecule has 0 radical (unpaired) electrons. The maximum atomic E-state index is 11.2. The van der Waals surface area contributed by atoms with Crippen LogP contribution in [0.3, 0.4) is 0 Å². The van der Waals surface area contributed by atoms with E-state index in [0.717, 1.165) is 5.82 Å². The zero-order valence-electron chi connectivity index (χ0n) is 10.6. The van der Waals surface area contributed by atoms with Crippen LogP contribution in [-0.4, -0.2) is 44.9 Å². The quantitative estimate of drug-likeness (QED) is 0.708. The van der Waals surface area contributed by atoms with Crippen LogP contribution in [0.5, 0.6) is 0 Å². The fourth-order valence-corrected chi connectivity index (χ4v) is 1.54. The maximum Gasteiger partial charge on any atom is 0.307 e. The lowest BCUT2D eigenvalue weighted by Gasteiger charge is -2.22. The Morgan fingerprint density at radius 2 is 2.17 bits per heavy atom.